The van der Waals surface area contributed by atoms with Crippen molar-refractivity contribution in [2.24, 2.45) is 0 Å². The summed E-state index contributed by atoms with van der Waals surface area (Å²) in [5.74, 6) is 1.85. The van der Waals surface area contributed by atoms with Crippen LogP contribution in [0.4, 0.5) is 11.5 Å². The fraction of sp³-hybridized carbons (Fsp3) is 0.357. The van der Waals surface area contributed by atoms with Crippen LogP contribution in [0.15, 0.2) is 34.9 Å². The van der Waals surface area contributed by atoms with Gasteiger partial charge < -0.3 is 14.6 Å². The maximum atomic E-state index is 5.76. The number of aromatic nitrogens is 1. The summed E-state index contributed by atoms with van der Waals surface area (Å²) in [6, 6.07) is 7.62. The molecule has 0 spiro atoms. The Balaban J connectivity index is 1.73. The van der Waals surface area contributed by atoms with Gasteiger partial charge in [0.15, 0.2) is 11.0 Å². The average Bonchev–Trinajstić information content (AvgIpc) is 3.08. The van der Waals surface area contributed by atoms with Crippen molar-refractivity contribution in [3.63, 3.8) is 0 Å². The molecule has 0 atom stereocenters. The number of nitrogens with zero attached hydrogens (tertiary/aromatic N) is 2. The second kappa shape index (κ2) is 5.53. The van der Waals surface area contributed by atoms with Gasteiger partial charge in [0.1, 0.15) is 5.76 Å². The Labute approximate surface area is 117 Å². The molecule has 3 heterocycles. The number of rotatable bonds is 4. The summed E-state index contributed by atoms with van der Waals surface area (Å²) in [6.07, 6.45) is 4.32. The van der Waals surface area contributed by atoms with E-state index in [1.165, 1.54) is 12.8 Å². The molecule has 100 valence electrons. The van der Waals surface area contributed by atoms with E-state index in [9.17, 15) is 0 Å². The Morgan fingerprint density at radius 3 is 2.84 bits per heavy atom. The number of pyridine rings is 1. The molecule has 2 aromatic rings. The largest absolute Gasteiger partial charge is 0.448 e. The van der Waals surface area contributed by atoms with E-state index in [1.807, 2.05) is 24.4 Å². The highest BCUT2D eigenvalue weighted by Crippen LogP contribution is 2.26. The minimum Gasteiger partial charge on any atom is -0.448 e. The molecule has 5 heteroatoms. The predicted molar refractivity (Wildman–Crippen MR) is 76.7 cm³/mol. The van der Waals surface area contributed by atoms with Crippen LogP contribution >= 0.6 is 11.6 Å². The minimum atomic E-state index is 0.419. The van der Waals surface area contributed by atoms with Gasteiger partial charge >= 0.3 is 0 Å². The van der Waals surface area contributed by atoms with Crippen LogP contribution in [-0.2, 0) is 6.54 Å². The quantitative estimate of drug-likeness (QED) is 0.928. The molecular weight excluding hydrogens is 262 g/mol. The number of hydrogen-bond donors (Lipinski definition) is 1. The first-order valence-electron chi connectivity index (χ1n) is 6.51. The van der Waals surface area contributed by atoms with Gasteiger partial charge in [-0.15, -0.1) is 0 Å². The number of furan rings is 1. The lowest BCUT2D eigenvalue weighted by Crippen LogP contribution is -2.20. The summed E-state index contributed by atoms with van der Waals surface area (Å²) < 4.78 is 5.34. The highest BCUT2D eigenvalue weighted by molar-refractivity contribution is 6.28. The summed E-state index contributed by atoms with van der Waals surface area (Å²) in [6.45, 7) is 2.77. The first-order valence-corrected chi connectivity index (χ1v) is 6.89. The third-order valence-corrected chi connectivity index (χ3v) is 3.48. The molecule has 1 saturated heterocycles. The Morgan fingerprint density at radius 1 is 1.26 bits per heavy atom. The Bertz CT molecular complexity index is 549. The molecule has 0 radical (unpaired) electrons. The van der Waals surface area contributed by atoms with Crippen molar-refractivity contribution in [2.45, 2.75) is 19.4 Å². The van der Waals surface area contributed by atoms with E-state index >= 15 is 0 Å². The molecule has 1 N–H and O–H groups in total. The van der Waals surface area contributed by atoms with Crippen molar-refractivity contribution >= 4 is 23.1 Å². The van der Waals surface area contributed by atoms with Crippen molar-refractivity contribution in [1.29, 1.82) is 0 Å². The van der Waals surface area contributed by atoms with Crippen LogP contribution in [0.1, 0.15) is 18.6 Å². The summed E-state index contributed by atoms with van der Waals surface area (Å²) in [4.78, 5) is 6.80. The fourth-order valence-electron chi connectivity index (χ4n) is 2.34. The SMILES string of the molecule is Clc1ccc(CNc2cccnc2N2CCCC2)o1. The molecule has 0 bridgehead atoms. The second-order valence-electron chi connectivity index (χ2n) is 4.63. The minimum absolute atomic E-state index is 0.419. The van der Waals surface area contributed by atoms with E-state index in [0.717, 1.165) is 30.4 Å². The number of halogens is 1. The zero-order valence-corrected chi connectivity index (χ0v) is 11.4. The lowest BCUT2D eigenvalue weighted by atomic mass is 10.3. The van der Waals surface area contributed by atoms with Gasteiger partial charge in [0, 0.05) is 19.3 Å². The molecule has 0 aliphatic carbocycles. The Hall–Kier alpha value is -1.68. The maximum Gasteiger partial charge on any atom is 0.193 e. The van der Waals surface area contributed by atoms with Crippen molar-refractivity contribution in [1.82, 2.24) is 4.98 Å². The second-order valence-corrected chi connectivity index (χ2v) is 5.00. The van der Waals surface area contributed by atoms with E-state index in [-0.39, 0.29) is 0 Å². The summed E-state index contributed by atoms with van der Waals surface area (Å²) in [7, 11) is 0. The van der Waals surface area contributed by atoms with Crippen molar-refractivity contribution in [2.75, 3.05) is 23.3 Å². The molecular formula is C14H16ClN3O. The van der Waals surface area contributed by atoms with Gasteiger partial charge in [0.25, 0.3) is 0 Å². The first kappa shape index (κ1) is 12.4. The molecule has 2 aromatic heterocycles. The lowest BCUT2D eigenvalue weighted by Gasteiger charge is -2.20. The third kappa shape index (κ3) is 2.84. The fourth-order valence-corrected chi connectivity index (χ4v) is 2.51. The van der Waals surface area contributed by atoms with Gasteiger partial charge in [-0.05, 0) is 48.7 Å². The van der Waals surface area contributed by atoms with E-state index in [2.05, 4.69) is 15.2 Å². The van der Waals surface area contributed by atoms with Crippen molar-refractivity contribution < 1.29 is 4.42 Å². The molecule has 1 aliphatic heterocycles. The molecule has 3 rings (SSSR count). The summed E-state index contributed by atoms with van der Waals surface area (Å²) in [5, 5.41) is 3.78. The standard InChI is InChI=1S/C14H16ClN3O/c15-13-6-5-11(19-13)10-17-12-4-3-7-16-14(12)18-8-1-2-9-18/h3-7,17H,1-2,8-10H2. The number of hydrogen-bond acceptors (Lipinski definition) is 4. The molecule has 4 nitrogen and oxygen atoms in total. The van der Waals surface area contributed by atoms with Crippen LogP contribution in [0.2, 0.25) is 5.22 Å². The highest BCUT2D eigenvalue weighted by atomic mass is 35.5. The normalized spacial score (nSPS) is 14.9. The van der Waals surface area contributed by atoms with Crippen LogP contribution in [0.25, 0.3) is 0 Å². The monoisotopic (exact) mass is 277 g/mol. The van der Waals surface area contributed by atoms with Gasteiger partial charge in [0.05, 0.1) is 12.2 Å². The van der Waals surface area contributed by atoms with E-state index in [0.29, 0.717) is 11.8 Å². The third-order valence-electron chi connectivity index (χ3n) is 3.27. The Kier molecular flexibility index (Phi) is 3.60. The highest BCUT2D eigenvalue weighted by Gasteiger charge is 2.16. The molecule has 19 heavy (non-hydrogen) atoms. The van der Waals surface area contributed by atoms with E-state index in [4.69, 9.17) is 16.0 Å². The zero-order chi connectivity index (χ0) is 13.1. The van der Waals surface area contributed by atoms with E-state index < -0.39 is 0 Å². The van der Waals surface area contributed by atoms with Gasteiger partial charge in [0.2, 0.25) is 0 Å². The average molecular weight is 278 g/mol. The zero-order valence-electron chi connectivity index (χ0n) is 10.6. The lowest BCUT2D eigenvalue weighted by molar-refractivity contribution is 0.520. The van der Waals surface area contributed by atoms with Crippen molar-refractivity contribution in [3.05, 3.63) is 41.4 Å². The maximum absolute atomic E-state index is 5.76. The molecule has 0 saturated carbocycles. The number of nitrogens with one attached hydrogen (secondary N) is 1. The molecule has 1 fully saturated rings. The number of anilines is 2. The molecule has 0 aromatic carbocycles. The van der Waals surface area contributed by atoms with Crippen LogP contribution in [0.3, 0.4) is 0 Å². The molecule has 0 amide bonds. The molecule has 0 unspecified atom stereocenters. The summed E-state index contributed by atoms with van der Waals surface area (Å²) >= 11 is 5.76. The topological polar surface area (TPSA) is 41.3 Å². The van der Waals surface area contributed by atoms with Crippen LogP contribution in [0, 0.1) is 0 Å². The van der Waals surface area contributed by atoms with Gasteiger partial charge in [-0.25, -0.2) is 4.98 Å². The Morgan fingerprint density at radius 2 is 2.11 bits per heavy atom. The van der Waals surface area contributed by atoms with Crippen LogP contribution in [0.5, 0.6) is 0 Å². The van der Waals surface area contributed by atoms with Gasteiger partial charge in [-0.2, -0.15) is 0 Å². The van der Waals surface area contributed by atoms with Gasteiger partial charge in [-0.1, -0.05) is 0 Å². The first-order chi connectivity index (χ1) is 9.33. The smallest absolute Gasteiger partial charge is 0.193 e. The predicted octanol–water partition coefficient (Wildman–Crippen LogP) is 3.54. The molecule has 1 aliphatic rings. The summed E-state index contributed by atoms with van der Waals surface area (Å²) in [5.41, 5.74) is 1.04. The van der Waals surface area contributed by atoms with Crippen LogP contribution < -0.4 is 10.2 Å². The van der Waals surface area contributed by atoms with Gasteiger partial charge in [-0.3, -0.25) is 0 Å². The van der Waals surface area contributed by atoms with Crippen molar-refractivity contribution in [3.8, 4) is 0 Å². The van der Waals surface area contributed by atoms with Crippen LogP contribution in [-0.4, -0.2) is 18.1 Å². The van der Waals surface area contributed by atoms with E-state index in [1.54, 1.807) is 6.07 Å².